The first-order valence-corrected chi connectivity index (χ1v) is 7.17. The maximum absolute atomic E-state index is 12.0. The van der Waals surface area contributed by atoms with Crippen LogP contribution in [0.2, 0.25) is 0 Å². The molecule has 102 valence electrons. The Morgan fingerprint density at radius 2 is 2.05 bits per heavy atom. The lowest BCUT2D eigenvalue weighted by molar-refractivity contribution is 0.598. The normalized spacial score (nSPS) is 11.3. The summed E-state index contributed by atoms with van der Waals surface area (Å²) in [6, 6.07) is 5.53. The largest absolute Gasteiger partial charge is 0.378 e. The number of benzene rings is 1. The van der Waals surface area contributed by atoms with Crippen LogP contribution in [0.3, 0.4) is 0 Å². The van der Waals surface area contributed by atoms with E-state index in [2.05, 4.69) is 14.7 Å². The number of imidazole rings is 1. The maximum atomic E-state index is 12.0. The second-order valence-electron chi connectivity index (χ2n) is 4.42. The lowest BCUT2D eigenvalue weighted by atomic mass is 10.2. The second-order valence-corrected chi connectivity index (χ2v) is 6.07. The molecule has 0 unspecified atom stereocenters. The number of nitrogens with zero attached hydrogens (tertiary/aromatic N) is 2. The van der Waals surface area contributed by atoms with Crippen LogP contribution in [0.15, 0.2) is 35.7 Å². The quantitative estimate of drug-likeness (QED) is 0.891. The number of H-pyrrole nitrogens is 1. The summed E-state index contributed by atoms with van der Waals surface area (Å²) in [7, 11) is 0.260. The molecule has 0 aliphatic heterocycles. The van der Waals surface area contributed by atoms with Crippen molar-refractivity contribution in [2.45, 2.75) is 11.9 Å². The number of rotatable bonds is 4. The molecule has 0 atom stereocenters. The Kier molecular flexibility index (Phi) is 3.48. The third-order valence-electron chi connectivity index (χ3n) is 2.73. The molecule has 0 spiro atoms. The van der Waals surface area contributed by atoms with Gasteiger partial charge in [0, 0.05) is 19.8 Å². The average molecular weight is 280 g/mol. The van der Waals surface area contributed by atoms with Crippen LogP contribution >= 0.6 is 0 Å². The lowest BCUT2D eigenvalue weighted by Gasteiger charge is -2.15. The lowest BCUT2D eigenvalue weighted by Crippen LogP contribution is -2.15. The Bertz CT molecular complexity index is 663. The van der Waals surface area contributed by atoms with Crippen molar-refractivity contribution >= 4 is 21.4 Å². The average Bonchev–Trinajstić information content (AvgIpc) is 2.85. The van der Waals surface area contributed by atoms with Crippen LogP contribution in [0.1, 0.15) is 5.56 Å². The number of aryl methyl sites for hydroxylation is 1. The van der Waals surface area contributed by atoms with Crippen molar-refractivity contribution < 1.29 is 8.42 Å². The maximum Gasteiger partial charge on any atom is 0.278 e. The molecule has 0 amide bonds. The third kappa shape index (κ3) is 2.87. The van der Waals surface area contributed by atoms with E-state index in [1.165, 1.54) is 12.5 Å². The minimum absolute atomic E-state index is 0.0450. The van der Waals surface area contributed by atoms with E-state index in [9.17, 15) is 8.42 Å². The molecule has 0 bridgehead atoms. The number of hydrogen-bond acceptors (Lipinski definition) is 4. The Morgan fingerprint density at radius 1 is 1.32 bits per heavy atom. The number of hydrogen-bond donors (Lipinski definition) is 2. The molecule has 2 rings (SSSR count). The van der Waals surface area contributed by atoms with Gasteiger partial charge in [-0.2, -0.15) is 8.42 Å². The van der Waals surface area contributed by atoms with Crippen molar-refractivity contribution in [2.24, 2.45) is 0 Å². The first-order chi connectivity index (χ1) is 8.90. The molecule has 1 aromatic heterocycles. The fourth-order valence-corrected chi connectivity index (χ4v) is 2.67. The van der Waals surface area contributed by atoms with Crippen molar-refractivity contribution in [1.82, 2.24) is 9.97 Å². The predicted molar refractivity (Wildman–Crippen MR) is 74.9 cm³/mol. The Hall–Kier alpha value is -2.02. The standard InChI is InChI=1S/C12H16N4O2S/c1-9-6-10(16(2)3)4-5-11(9)15-19(17,18)12-7-13-8-14-12/h4-8,15H,1-3H3,(H,13,14). The highest BCUT2D eigenvalue weighted by Gasteiger charge is 2.16. The van der Waals surface area contributed by atoms with Gasteiger partial charge in [-0.3, -0.25) is 4.72 Å². The Morgan fingerprint density at radius 3 is 2.58 bits per heavy atom. The van der Waals surface area contributed by atoms with E-state index in [1.54, 1.807) is 6.07 Å². The van der Waals surface area contributed by atoms with Gasteiger partial charge in [0.15, 0.2) is 5.03 Å². The zero-order chi connectivity index (χ0) is 14.0. The predicted octanol–water partition coefficient (Wildman–Crippen LogP) is 1.58. The van der Waals surface area contributed by atoms with Crippen molar-refractivity contribution in [3.8, 4) is 0 Å². The van der Waals surface area contributed by atoms with Crippen LogP contribution in [0.25, 0.3) is 0 Å². The molecule has 2 N–H and O–H groups in total. The van der Waals surface area contributed by atoms with Crippen LogP contribution in [0.4, 0.5) is 11.4 Å². The fourth-order valence-electron chi connectivity index (χ4n) is 1.63. The summed E-state index contributed by atoms with van der Waals surface area (Å²) < 4.78 is 26.6. The van der Waals surface area contributed by atoms with Gasteiger partial charge in [0.25, 0.3) is 10.0 Å². The minimum Gasteiger partial charge on any atom is -0.378 e. The van der Waals surface area contributed by atoms with Gasteiger partial charge in [0.05, 0.1) is 18.2 Å². The van der Waals surface area contributed by atoms with E-state index in [4.69, 9.17) is 0 Å². The molecular weight excluding hydrogens is 264 g/mol. The molecule has 7 heteroatoms. The number of sulfonamides is 1. The zero-order valence-electron chi connectivity index (χ0n) is 11.0. The van der Waals surface area contributed by atoms with Gasteiger partial charge in [-0.25, -0.2) is 4.98 Å². The van der Waals surface area contributed by atoms with Crippen LogP contribution in [0, 0.1) is 6.92 Å². The van der Waals surface area contributed by atoms with E-state index < -0.39 is 10.0 Å². The number of aromatic nitrogens is 2. The second kappa shape index (κ2) is 4.93. The first kappa shape index (κ1) is 13.4. The molecule has 0 aliphatic carbocycles. The molecule has 0 saturated heterocycles. The van der Waals surface area contributed by atoms with E-state index in [-0.39, 0.29) is 5.03 Å². The van der Waals surface area contributed by atoms with Crippen LogP contribution in [0.5, 0.6) is 0 Å². The van der Waals surface area contributed by atoms with Gasteiger partial charge in [-0.05, 0) is 30.7 Å². The summed E-state index contributed by atoms with van der Waals surface area (Å²) in [4.78, 5) is 8.24. The van der Waals surface area contributed by atoms with Crippen LogP contribution in [-0.4, -0.2) is 32.5 Å². The van der Waals surface area contributed by atoms with Gasteiger partial charge >= 0.3 is 0 Å². The number of aromatic amines is 1. The van der Waals surface area contributed by atoms with Gasteiger partial charge in [-0.15, -0.1) is 0 Å². The minimum atomic E-state index is -3.61. The highest BCUT2D eigenvalue weighted by atomic mass is 32.2. The molecule has 0 saturated carbocycles. The van der Waals surface area contributed by atoms with E-state index >= 15 is 0 Å². The topological polar surface area (TPSA) is 78.1 Å². The summed E-state index contributed by atoms with van der Waals surface area (Å²) in [6.45, 7) is 1.86. The summed E-state index contributed by atoms with van der Waals surface area (Å²) in [5.41, 5.74) is 2.43. The van der Waals surface area contributed by atoms with Crippen molar-refractivity contribution in [2.75, 3.05) is 23.7 Å². The first-order valence-electron chi connectivity index (χ1n) is 5.69. The smallest absolute Gasteiger partial charge is 0.278 e. The van der Waals surface area contributed by atoms with Gasteiger partial charge in [0.2, 0.25) is 0 Å². The summed E-state index contributed by atoms with van der Waals surface area (Å²) in [5.74, 6) is 0. The molecule has 0 aliphatic rings. The Labute approximate surface area is 112 Å². The van der Waals surface area contributed by atoms with Crippen LogP contribution in [-0.2, 0) is 10.0 Å². The van der Waals surface area contributed by atoms with Gasteiger partial charge in [-0.1, -0.05) is 0 Å². The Balaban J connectivity index is 2.30. The zero-order valence-corrected chi connectivity index (χ0v) is 11.8. The molecule has 0 radical (unpaired) electrons. The van der Waals surface area contributed by atoms with E-state index in [0.717, 1.165) is 11.3 Å². The summed E-state index contributed by atoms with van der Waals surface area (Å²) in [5, 5.41) is 0.0450. The highest BCUT2D eigenvalue weighted by Crippen LogP contribution is 2.23. The van der Waals surface area contributed by atoms with Gasteiger partial charge < -0.3 is 9.88 Å². The highest BCUT2D eigenvalue weighted by molar-refractivity contribution is 7.92. The molecule has 6 nitrogen and oxygen atoms in total. The SMILES string of the molecule is Cc1cc(N(C)C)ccc1NS(=O)(=O)c1cnc[nH]1. The fraction of sp³-hybridized carbons (Fsp3) is 0.250. The summed E-state index contributed by atoms with van der Waals surface area (Å²) >= 11 is 0. The van der Waals surface area contributed by atoms with Crippen molar-refractivity contribution in [1.29, 1.82) is 0 Å². The number of nitrogens with one attached hydrogen (secondary N) is 2. The van der Waals surface area contributed by atoms with Crippen molar-refractivity contribution in [3.63, 3.8) is 0 Å². The van der Waals surface area contributed by atoms with Crippen molar-refractivity contribution in [3.05, 3.63) is 36.3 Å². The number of anilines is 2. The molecule has 1 aromatic carbocycles. The molecule has 1 heterocycles. The van der Waals surface area contributed by atoms with Gasteiger partial charge in [0.1, 0.15) is 0 Å². The molecular formula is C12H16N4O2S. The van der Waals surface area contributed by atoms with E-state index in [1.807, 2.05) is 38.1 Å². The molecule has 0 fully saturated rings. The summed E-state index contributed by atoms with van der Waals surface area (Å²) in [6.07, 6.45) is 2.60. The van der Waals surface area contributed by atoms with Crippen LogP contribution < -0.4 is 9.62 Å². The molecule has 19 heavy (non-hydrogen) atoms. The van der Waals surface area contributed by atoms with E-state index in [0.29, 0.717) is 5.69 Å². The third-order valence-corrected chi connectivity index (χ3v) is 4.02. The molecule has 2 aromatic rings. The monoisotopic (exact) mass is 280 g/mol.